The van der Waals surface area contributed by atoms with Gasteiger partial charge in [0.2, 0.25) is 5.88 Å². The lowest BCUT2D eigenvalue weighted by Gasteiger charge is -2.30. The first-order valence-electron chi connectivity index (χ1n) is 10.2. The van der Waals surface area contributed by atoms with E-state index in [9.17, 15) is 8.78 Å². The fourth-order valence-electron chi connectivity index (χ4n) is 4.52. The van der Waals surface area contributed by atoms with Gasteiger partial charge in [0.1, 0.15) is 17.0 Å². The van der Waals surface area contributed by atoms with E-state index in [1.54, 1.807) is 12.3 Å². The number of nitrogens with one attached hydrogen (secondary N) is 1. The van der Waals surface area contributed by atoms with E-state index in [0.29, 0.717) is 22.1 Å². The molecule has 6 nitrogen and oxygen atoms in total. The predicted molar refractivity (Wildman–Crippen MR) is 112 cm³/mol. The molecule has 1 N–H and O–H groups in total. The number of hydrogen-bond acceptors (Lipinski definition) is 4. The molecule has 3 aromatic heterocycles. The van der Waals surface area contributed by atoms with Crippen LogP contribution < -0.4 is 4.74 Å². The Morgan fingerprint density at radius 3 is 2.68 bits per heavy atom. The highest BCUT2D eigenvalue weighted by Crippen LogP contribution is 2.35. The van der Waals surface area contributed by atoms with Crippen LogP contribution in [-0.2, 0) is 0 Å². The Kier molecular flexibility index (Phi) is 4.85. The standard InChI is InChI=1S/C22H22F3N5O/c1-12-27-20-17(23)9-13(10-18(20)30(12)14-5-7-29(2)8-6-14)16-11-26-21-15(16)3-4-19(28-21)31-22(24)25/h3-4,9-11,14,22H,5-8H2,1-2H3,(H,26,28). The number of likely N-dealkylation sites (tertiary alicyclic amines) is 1. The zero-order valence-corrected chi connectivity index (χ0v) is 17.2. The van der Waals surface area contributed by atoms with Crippen LogP contribution in [0.4, 0.5) is 13.2 Å². The summed E-state index contributed by atoms with van der Waals surface area (Å²) in [4.78, 5) is 13.8. The van der Waals surface area contributed by atoms with Gasteiger partial charge in [0.05, 0.1) is 5.52 Å². The summed E-state index contributed by atoms with van der Waals surface area (Å²) >= 11 is 0. The highest BCUT2D eigenvalue weighted by molar-refractivity contribution is 5.96. The SMILES string of the molecule is Cc1nc2c(F)cc(-c3c[nH]c4nc(OC(F)F)ccc34)cc2n1C1CCN(C)CC1. The lowest BCUT2D eigenvalue weighted by molar-refractivity contribution is -0.0526. The van der Waals surface area contributed by atoms with E-state index >= 15 is 4.39 Å². The number of aromatic amines is 1. The molecule has 4 heterocycles. The number of imidazole rings is 1. The number of alkyl halides is 2. The Labute approximate surface area is 176 Å². The Hall–Kier alpha value is -3.07. The fraction of sp³-hybridized carbons (Fsp3) is 0.364. The molecule has 0 atom stereocenters. The summed E-state index contributed by atoms with van der Waals surface area (Å²) < 4.78 is 46.5. The van der Waals surface area contributed by atoms with Crippen LogP contribution in [0.2, 0.25) is 0 Å². The zero-order valence-electron chi connectivity index (χ0n) is 17.2. The largest absolute Gasteiger partial charge is 0.417 e. The molecule has 0 bridgehead atoms. The van der Waals surface area contributed by atoms with E-state index in [1.165, 1.54) is 12.1 Å². The van der Waals surface area contributed by atoms with Gasteiger partial charge in [-0.15, -0.1) is 0 Å². The van der Waals surface area contributed by atoms with Gasteiger partial charge < -0.3 is 19.2 Å². The Morgan fingerprint density at radius 1 is 1.16 bits per heavy atom. The highest BCUT2D eigenvalue weighted by atomic mass is 19.3. The third-order valence-corrected chi connectivity index (χ3v) is 6.01. The van der Waals surface area contributed by atoms with Gasteiger partial charge in [0.25, 0.3) is 0 Å². The molecule has 1 aromatic carbocycles. The summed E-state index contributed by atoms with van der Waals surface area (Å²) in [6.07, 6.45) is 3.67. The lowest BCUT2D eigenvalue weighted by atomic mass is 10.0. The van der Waals surface area contributed by atoms with Gasteiger partial charge in [-0.1, -0.05) is 0 Å². The van der Waals surface area contributed by atoms with Crippen molar-refractivity contribution >= 4 is 22.1 Å². The molecule has 1 aliphatic rings. The molecule has 5 rings (SSSR count). The molecular formula is C22H22F3N5O. The summed E-state index contributed by atoms with van der Waals surface area (Å²) in [5, 5.41) is 0.697. The van der Waals surface area contributed by atoms with E-state index in [-0.39, 0.29) is 17.7 Å². The number of fused-ring (bicyclic) bond motifs is 2. The first-order valence-corrected chi connectivity index (χ1v) is 10.2. The molecule has 1 fully saturated rings. The number of piperidine rings is 1. The van der Waals surface area contributed by atoms with Crippen molar-refractivity contribution in [1.29, 1.82) is 0 Å². The second-order valence-electron chi connectivity index (χ2n) is 8.02. The number of ether oxygens (including phenoxy) is 1. The van der Waals surface area contributed by atoms with Gasteiger partial charge in [0.15, 0.2) is 5.82 Å². The van der Waals surface area contributed by atoms with E-state index in [0.717, 1.165) is 42.8 Å². The van der Waals surface area contributed by atoms with Crippen molar-refractivity contribution in [3.8, 4) is 17.0 Å². The van der Waals surface area contributed by atoms with E-state index in [2.05, 4.69) is 36.2 Å². The molecule has 0 spiro atoms. The number of pyridine rings is 1. The average molecular weight is 429 g/mol. The normalized spacial score (nSPS) is 16.1. The van der Waals surface area contributed by atoms with Crippen LogP contribution in [0.25, 0.3) is 33.2 Å². The minimum atomic E-state index is -2.95. The molecule has 0 aliphatic carbocycles. The van der Waals surface area contributed by atoms with Crippen molar-refractivity contribution in [3.63, 3.8) is 0 Å². The number of nitrogens with zero attached hydrogens (tertiary/aromatic N) is 4. The predicted octanol–water partition coefficient (Wildman–Crippen LogP) is 4.90. The molecular weight excluding hydrogens is 407 g/mol. The third-order valence-electron chi connectivity index (χ3n) is 6.01. The van der Waals surface area contributed by atoms with Crippen LogP contribution in [0.15, 0.2) is 30.5 Å². The molecule has 31 heavy (non-hydrogen) atoms. The topological polar surface area (TPSA) is 59.0 Å². The summed E-state index contributed by atoms with van der Waals surface area (Å²) in [5.74, 6) is 0.241. The molecule has 0 amide bonds. The highest BCUT2D eigenvalue weighted by Gasteiger charge is 2.24. The maximum absolute atomic E-state index is 15.1. The van der Waals surface area contributed by atoms with Crippen LogP contribution in [-0.4, -0.2) is 51.2 Å². The first-order chi connectivity index (χ1) is 14.9. The van der Waals surface area contributed by atoms with Crippen LogP contribution in [0.1, 0.15) is 24.7 Å². The van der Waals surface area contributed by atoms with Crippen LogP contribution in [0.3, 0.4) is 0 Å². The monoisotopic (exact) mass is 429 g/mol. The quantitative estimate of drug-likeness (QED) is 0.502. The van der Waals surface area contributed by atoms with Crippen molar-refractivity contribution in [3.05, 3.63) is 42.1 Å². The van der Waals surface area contributed by atoms with Crippen molar-refractivity contribution in [2.45, 2.75) is 32.4 Å². The first kappa shape index (κ1) is 19.9. The van der Waals surface area contributed by atoms with Gasteiger partial charge in [-0.2, -0.15) is 13.8 Å². The molecule has 1 saturated heterocycles. The number of aromatic nitrogens is 4. The summed E-state index contributed by atoms with van der Waals surface area (Å²) in [6, 6.07) is 6.71. The van der Waals surface area contributed by atoms with E-state index in [1.807, 2.05) is 13.0 Å². The number of halogens is 3. The number of rotatable bonds is 4. The van der Waals surface area contributed by atoms with Crippen LogP contribution >= 0.6 is 0 Å². The minimum Gasteiger partial charge on any atom is -0.417 e. The zero-order chi connectivity index (χ0) is 21.7. The van der Waals surface area contributed by atoms with Crippen LogP contribution in [0.5, 0.6) is 5.88 Å². The molecule has 162 valence electrons. The molecule has 0 saturated carbocycles. The Bertz CT molecular complexity index is 1260. The molecule has 0 radical (unpaired) electrons. The lowest BCUT2D eigenvalue weighted by Crippen LogP contribution is -2.31. The van der Waals surface area contributed by atoms with E-state index < -0.39 is 6.61 Å². The maximum Gasteiger partial charge on any atom is 0.388 e. The molecule has 4 aromatic rings. The van der Waals surface area contributed by atoms with Gasteiger partial charge >= 0.3 is 6.61 Å². The minimum absolute atomic E-state index is 0.173. The number of benzene rings is 1. The van der Waals surface area contributed by atoms with Crippen molar-refractivity contribution in [1.82, 2.24) is 24.4 Å². The molecule has 0 unspecified atom stereocenters. The second-order valence-corrected chi connectivity index (χ2v) is 8.02. The van der Waals surface area contributed by atoms with Gasteiger partial charge in [-0.05, 0) is 63.7 Å². The maximum atomic E-state index is 15.1. The van der Waals surface area contributed by atoms with Gasteiger partial charge in [-0.3, -0.25) is 0 Å². The van der Waals surface area contributed by atoms with Crippen molar-refractivity contribution in [2.24, 2.45) is 0 Å². The summed E-state index contributed by atoms with van der Waals surface area (Å²) in [6.45, 7) is 0.947. The number of hydrogen-bond donors (Lipinski definition) is 1. The van der Waals surface area contributed by atoms with Gasteiger partial charge in [0, 0.05) is 29.3 Å². The number of aryl methyl sites for hydroxylation is 1. The Morgan fingerprint density at radius 2 is 1.94 bits per heavy atom. The van der Waals surface area contributed by atoms with Crippen LogP contribution in [0, 0.1) is 12.7 Å². The molecule has 1 aliphatic heterocycles. The average Bonchev–Trinajstić information content (AvgIpc) is 3.29. The van der Waals surface area contributed by atoms with Gasteiger partial charge in [-0.25, -0.2) is 9.37 Å². The third kappa shape index (κ3) is 3.52. The van der Waals surface area contributed by atoms with Crippen molar-refractivity contribution < 1.29 is 17.9 Å². The summed E-state index contributed by atoms with van der Waals surface area (Å²) in [7, 11) is 2.11. The Balaban J connectivity index is 1.60. The van der Waals surface area contributed by atoms with E-state index in [4.69, 9.17) is 0 Å². The second kappa shape index (κ2) is 7.56. The summed E-state index contributed by atoms with van der Waals surface area (Å²) in [5.41, 5.74) is 2.94. The number of H-pyrrole nitrogens is 1. The smallest absolute Gasteiger partial charge is 0.388 e. The van der Waals surface area contributed by atoms with Crippen molar-refractivity contribution in [2.75, 3.05) is 20.1 Å². The molecule has 9 heteroatoms. The fourth-order valence-corrected chi connectivity index (χ4v) is 4.52.